The van der Waals surface area contributed by atoms with Crippen LogP contribution in [0.25, 0.3) is 0 Å². The second-order valence-electron chi connectivity index (χ2n) is 5.70. The summed E-state index contributed by atoms with van der Waals surface area (Å²) < 4.78 is 0. The van der Waals surface area contributed by atoms with Gasteiger partial charge in [0.25, 0.3) is 0 Å². The topological polar surface area (TPSA) is 74.2 Å². The van der Waals surface area contributed by atoms with Gasteiger partial charge in [-0.2, -0.15) is 5.26 Å². The van der Waals surface area contributed by atoms with Crippen molar-refractivity contribution in [2.45, 2.75) is 57.4 Å². The van der Waals surface area contributed by atoms with E-state index in [0.717, 1.165) is 32.2 Å². The zero-order valence-electron chi connectivity index (χ0n) is 11.5. The average molecular weight is 376 g/mol. The monoisotopic (exact) mass is 376 g/mol. The molecule has 2 saturated carbocycles. The molecule has 0 aromatic carbocycles. The maximum Gasteiger partial charge on any atom is 0.188 e. The summed E-state index contributed by atoms with van der Waals surface area (Å²) in [6, 6.07) is 2.91. The minimum absolute atomic E-state index is 0. The zero-order valence-corrected chi connectivity index (χ0v) is 13.8. The molecular weight excluding hydrogens is 351 g/mol. The molecule has 2 fully saturated rings. The highest BCUT2D eigenvalue weighted by Gasteiger charge is 2.20. The van der Waals surface area contributed by atoms with E-state index in [2.05, 4.69) is 16.4 Å². The quantitative estimate of drug-likeness (QED) is 0.452. The van der Waals surface area contributed by atoms with Crippen LogP contribution in [0.15, 0.2) is 4.99 Å². The molecule has 0 heterocycles. The zero-order chi connectivity index (χ0) is 12.8. The van der Waals surface area contributed by atoms with Crippen LogP contribution >= 0.6 is 24.0 Å². The highest BCUT2D eigenvalue weighted by molar-refractivity contribution is 14.0. The Morgan fingerprint density at radius 3 is 2.37 bits per heavy atom. The van der Waals surface area contributed by atoms with Crippen LogP contribution in [-0.2, 0) is 0 Å². The van der Waals surface area contributed by atoms with Crippen LogP contribution in [0.3, 0.4) is 0 Å². The number of aliphatic imine (C=N–C) groups is 1. The van der Waals surface area contributed by atoms with Gasteiger partial charge in [0.2, 0.25) is 0 Å². The number of guanidine groups is 1. The molecule has 0 aliphatic heterocycles. The summed E-state index contributed by atoms with van der Waals surface area (Å²) in [5.74, 6) is 1.52. The van der Waals surface area contributed by atoms with Gasteiger partial charge in [-0.1, -0.05) is 12.8 Å². The molecule has 5 heteroatoms. The Labute approximate surface area is 133 Å². The Kier molecular flexibility index (Phi) is 7.51. The fourth-order valence-electron chi connectivity index (χ4n) is 3.03. The lowest BCUT2D eigenvalue weighted by atomic mass is 9.83. The lowest BCUT2D eigenvalue weighted by molar-refractivity contribution is 0.321. The highest BCUT2D eigenvalue weighted by atomic mass is 127. The molecule has 0 saturated heterocycles. The van der Waals surface area contributed by atoms with Gasteiger partial charge in [0.1, 0.15) is 0 Å². The first kappa shape index (κ1) is 16.5. The van der Waals surface area contributed by atoms with Gasteiger partial charge in [0, 0.05) is 18.5 Å². The first-order valence-electron chi connectivity index (χ1n) is 7.24. The smallest absolute Gasteiger partial charge is 0.188 e. The van der Waals surface area contributed by atoms with Crippen molar-refractivity contribution >= 4 is 29.9 Å². The third-order valence-corrected chi connectivity index (χ3v) is 4.26. The Hall–Kier alpha value is -0.510. The minimum atomic E-state index is 0. The summed E-state index contributed by atoms with van der Waals surface area (Å²) in [6.07, 6.45) is 9.38. The molecule has 2 aliphatic rings. The van der Waals surface area contributed by atoms with E-state index in [9.17, 15) is 0 Å². The van der Waals surface area contributed by atoms with Crippen LogP contribution in [0, 0.1) is 23.2 Å². The van der Waals surface area contributed by atoms with Crippen molar-refractivity contribution in [2.24, 2.45) is 22.6 Å². The first-order chi connectivity index (χ1) is 8.78. The van der Waals surface area contributed by atoms with Gasteiger partial charge in [0.15, 0.2) is 5.96 Å². The molecule has 108 valence electrons. The average Bonchev–Trinajstić information content (AvgIpc) is 2.90. The van der Waals surface area contributed by atoms with Crippen LogP contribution in [0.4, 0.5) is 0 Å². The molecule has 0 atom stereocenters. The number of rotatable bonds is 3. The van der Waals surface area contributed by atoms with Crippen molar-refractivity contribution < 1.29 is 0 Å². The Balaban J connectivity index is 0.00000180. The van der Waals surface area contributed by atoms with Crippen molar-refractivity contribution in [1.29, 1.82) is 5.26 Å². The van der Waals surface area contributed by atoms with Crippen molar-refractivity contribution in [3.05, 3.63) is 0 Å². The molecule has 3 N–H and O–H groups in total. The van der Waals surface area contributed by atoms with E-state index in [1.165, 1.54) is 25.7 Å². The van der Waals surface area contributed by atoms with E-state index >= 15 is 0 Å². The van der Waals surface area contributed by atoms with Gasteiger partial charge < -0.3 is 11.1 Å². The van der Waals surface area contributed by atoms with Crippen molar-refractivity contribution in [1.82, 2.24) is 5.32 Å². The van der Waals surface area contributed by atoms with E-state index in [4.69, 9.17) is 11.0 Å². The van der Waals surface area contributed by atoms with Crippen LogP contribution in [0.5, 0.6) is 0 Å². The summed E-state index contributed by atoms with van der Waals surface area (Å²) in [4.78, 5) is 4.46. The molecule has 19 heavy (non-hydrogen) atoms. The predicted octanol–water partition coefficient (Wildman–Crippen LogP) is 2.78. The third-order valence-electron chi connectivity index (χ3n) is 4.26. The number of nitrogens with zero attached hydrogens (tertiary/aromatic N) is 2. The molecule has 2 aliphatic carbocycles. The van der Waals surface area contributed by atoms with Crippen molar-refractivity contribution in [3.63, 3.8) is 0 Å². The standard InChI is InChI=1S/C14H24N4.HI/c15-9-11-5-7-12(8-6-11)10-17-14(16)18-13-3-1-2-4-13;/h11-13H,1-8,10H2,(H3,16,17,18);1H. The normalized spacial score (nSPS) is 28.5. The number of nitrogens with one attached hydrogen (secondary N) is 1. The SMILES string of the molecule is I.N#CC1CCC(CN=C(N)NC2CCCC2)CC1. The first-order valence-corrected chi connectivity index (χ1v) is 7.24. The number of nitrogens with two attached hydrogens (primary N) is 1. The number of hydrogen-bond acceptors (Lipinski definition) is 2. The Morgan fingerprint density at radius 1 is 1.16 bits per heavy atom. The fraction of sp³-hybridized carbons (Fsp3) is 0.857. The molecule has 0 aromatic heterocycles. The molecule has 0 bridgehead atoms. The van der Waals surface area contributed by atoms with E-state index in [0.29, 0.717) is 17.9 Å². The van der Waals surface area contributed by atoms with E-state index < -0.39 is 0 Å². The number of halogens is 1. The van der Waals surface area contributed by atoms with Gasteiger partial charge in [-0.05, 0) is 44.4 Å². The Bertz CT molecular complexity index is 323. The molecule has 0 radical (unpaired) electrons. The third kappa shape index (κ3) is 5.55. The van der Waals surface area contributed by atoms with Crippen LogP contribution in [0.2, 0.25) is 0 Å². The molecule has 0 spiro atoms. The van der Waals surface area contributed by atoms with Gasteiger partial charge in [-0.25, -0.2) is 0 Å². The fourth-order valence-corrected chi connectivity index (χ4v) is 3.03. The number of nitriles is 1. The maximum atomic E-state index is 8.85. The van der Waals surface area contributed by atoms with Gasteiger partial charge in [-0.3, -0.25) is 4.99 Å². The Morgan fingerprint density at radius 2 is 1.79 bits per heavy atom. The summed E-state index contributed by atoms with van der Waals surface area (Å²) in [7, 11) is 0. The molecule has 2 rings (SSSR count). The summed E-state index contributed by atoms with van der Waals surface area (Å²) in [5, 5.41) is 12.2. The lowest BCUT2D eigenvalue weighted by Crippen LogP contribution is -2.39. The van der Waals surface area contributed by atoms with E-state index in [-0.39, 0.29) is 29.9 Å². The molecule has 0 unspecified atom stereocenters. The largest absolute Gasteiger partial charge is 0.370 e. The lowest BCUT2D eigenvalue weighted by Gasteiger charge is -2.23. The molecule has 0 amide bonds. The minimum Gasteiger partial charge on any atom is -0.370 e. The van der Waals surface area contributed by atoms with Gasteiger partial charge in [0.05, 0.1) is 6.07 Å². The van der Waals surface area contributed by atoms with Crippen molar-refractivity contribution in [3.8, 4) is 6.07 Å². The van der Waals surface area contributed by atoms with E-state index in [1.807, 2.05) is 0 Å². The summed E-state index contributed by atoms with van der Waals surface area (Å²) >= 11 is 0. The van der Waals surface area contributed by atoms with Crippen LogP contribution < -0.4 is 11.1 Å². The molecule has 0 aromatic rings. The maximum absolute atomic E-state index is 8.85. The highest BCUT2D eigenvalue weighted by Crippen LogP contribution is 2.28. The summed E-state index contributed by atoms with van der Waals surface area (Å²) in [6.45, 7) is 0.823. The number of hydrogen-bond donors (Lipinski definition) is 2. The van der Waals surface area contributed by atoms with Crippen LogP contribution in [-0.4, -0.2) is 18.5 Å². The molecule has 4 nitrogen and oxygen atoms in total. The van der Waals surface area contributed by atoms with Gasteiger partial charge in [-0.15, -0.1) is 24.0 Å². The predicted molar refractivity (Wildman–Crippen MR) is 88.4 cm³/mol. The van der Waals surface area contributed by atoms with Gasteiger partial charge >= 0.3 is 0 Å². The van der Waals surface area contributed by atoms with Crippen molar-refractivity contribution in [2.75, 3.05) is 6.54 Å². The second-order valence-corrected chi connectivity index (χ2v) is 5.70. The van der Waals surface area contributed by atoms with Crippen LogP contribution in [0.1, 0.15) is 51.4 Å². The molecular formula is C14H25IN4. The summed E-state index contributed by atoms with van der Waals surface area (Å²) in [5.41, 5.74) is 5.91. The van der Waals surface area contributed by atoms with E-state index in [1.54, 1.807) is 0 Å². The second kappa shape index (κ2) is 8.62.